The van der Waals surface area contributed by atoms with Crippen LogP contribution >= 0.6 is 0 Å². The SMILES string of the molecule is C/C=C/C=C/C=C/C=C/C(C)C(O)C(C)C(C)OC(=O)CC(O)CC(O)CCC(O)C(O)CC(O)CC1(O)CC(O)C(C(=O)O)C(CC(C)OC2OC(C)C(O)C(NC(=O)OCC[Si](C)(C)C)C2O)O1. The van der Waals surface area contributed by atoms with E-state index in [0.717, 1.165) is 0 Å². The summed E-state index contributed by atoms with van der Waals surface area (Å²) in [5.41, 5.74) is 0. The first-order chi connectivity index (χ1) is 32.6. The van der Waals surface area contributed by atoms with Crippen LogP contribution in [0.4, 0.5) is 4.79 Å². The summed E-state index contributed by atoms with van der Waals surface area (Å²) >= 11 is 0. The average molecular weight is 1020 g/mol. The van der Waals surface area contributed by atoms with Crippen LogP contribution < -0.4 is 5.32 Å². The van der Waals surface area contributed by atoms with Gasteiger partial charge in [-0.05, 0) is 53.0 Å². The molecule has 404 valence electrons. The second-order valence-corrected chi connectivity index (χ2v) is 26.0. The van der Waals surface area contributed by atoms with Crippen LogP contribution in [0.1, 0.15) is 92.9 Å². The number of aliphatic hydroxyl groups is 10. The van der Waals surface area contributed by atoms with Crippen molar-refractivity contribution in [2.24, 2.45) is 17.8 Å². The number of aliphatic carboxylic acids is 1. The van der Waals surface area contributed by atoms with Crippen molar-refractivity contribution in [3.8, 4) is 0 Å². The topological polar surface area (TPSA) is 332 Å². The molecule has 2 aliphatic heterocycles. The predicted octanol–water partition coefficient (Wildman–Crippen LogP) is 2.18. The van der Waals surface area contributed by atoms with E-state index in [-0.39, 0.29) is 38.2 Å². The van der Waals surface area contributed by atoms with E-state index in [1.54, 1.807) is 13.8 Å². The number of hydrogen-bond acceptors (Lipinski definition) is 18. The number of ether oxygens (including phenoxy) is 5. The first-order valence-electron chi connectivity index (χ1n) is 24.4. The molecular formula is C49H85NO19Si. The van der Waals surface area contributed by atoms with Crippen molar-refractivity contribution in [3.05, 3.63) is 48.6 Å². The molecule has 2 rings (SSSR count). The molecule has 0 aliphatic carbocycles. The summed E-state index contributed by atoms with van der Waals surface area (Å²) in [5.74, 6) is -6.77. The number of rotatable bonds is 29. The highest BCUT2D eigenvalue weighted by Gasteiger charge is 2.51. The Morgan fingerprint density at radius 1 is 0.843 bits per heavy atom. The summed E-state index contributed by atoms with van der Waals surface area (Å²) in [6.45, 7) is 16.6. The Bertz CT molecular complexity index is 1690. The molecule has 20 nitrogen and oxygen atoms in total. The number of carboxylic acid groups (broad SMARTS) is 1. The van der Waals surface area contributed by atoms with Crippen molar-refractivity contribution in [1.29, 1.82) is 0 Å². The van der Waals surface area contributed by atoms with Gasteiger partial charge in [-0.15, -0.1) is 0 Å². The lowest BCUT2D eigenvalue weighted by atomic mass is 9.83. The second-order valence-electron chi connectivity index (χ2n) is 20.4. The highest BCUT2D eigenvalue weighted by atomic mass is 28.3. The van der Waals surface area contributed by atoms with E-state index >= 15 is 0 Å². The van der Waals surface area contributed by atoms with E-state index in [1.807, 2.05) is 62.5 Å². The third-order valence-electron chi connectivity index (χ3n) is 12.7. The standard InChI is InChI=1S/C49H85NO19Si/c1-10-11-12-13-14-15-16-17-28(2)43(58)30(4)31(5)67-40(57)25-34(52)23-33(51)18-19-36(54)37(55)24-35(53)26-49(64)27-38(56)41(46(61)62)39(69-49)22-29(3)66-47-45(60)42(44(59)32(6)68-47)50-48(63)65-20-21-70(7,8)9/h10-17,28-39,41-45,47,51-56,58-60,64H,18-27H2,1-9H3,(H,50,63)(H,61,62)/b11-10+,13-12+,15-14+,17-16+. The number of alkyl carbamates (subject to hydrolysis) is 1. The zero-order valence-corrected chi connectivity index (χ0v) is 43.3. The summed E-state index contributed by atoms with van der Waals surface area (Å²) in [6.07, 6.45) is -7.09. The van der Waals surface area contributed by atoms with E-state index in [1.165, 1.54) is 13.8 Å². The summed E-state index contributed by atoms with van der Waals surface area (Å²) in [7, 11) is -1.52. The molecule has 70 heavy (non-hydrogen) atoms. The third-order valence-corrected chi connectivity index (χ3v) is 14.4. The molecule has 2 fully saturated rings. The molecule has 19 atom stereocenters. The van der Waals surface area contributed by atoms with Crippen LogP contribution in [0.5, 0.6) is 0 Å². The van der Waals surface area contributed by atoms with Crippen molar-refractivity contribution in [2.45, 2.75) is 216 Å². The fourth-order valence-corrected chi connectivity index (χ4v) is 9.02. The van der Waals surface area contributed by atoms with Gasteiger partial charge in [0.1, 0.15) is 24.2 Å². The minimum Gasteiger partial charge on any atom is -0.481 e. The number of carbonyl (C=O) groups is 3. The fraction of sp³-hybridized carbons (Fsp3) is 0.776. The first-order valence-corrected chi connectivity index (χ1v) is 28.1. The van der Waals surface area contributed by atoms with E-state index < -0.39 is 161 Å². The lowest BCUT2D eigenvalue weighted by Gasteiger charge is -2.45. The molecule has 0 radical (unpaired) electrons. The zero-order chi connectivity index (χ0) is 53.1. The second kappa shape index (κ2) is 30.2. The van der Waals surface area contributed by atoms with Gasteiger partial charge >= 0.3 is 18.0 Å². The molecule has 0 spiro atoms. The normalized spacial score (nSPS) is 30.1. The fourth-order valence-electron chi connectivity index (χ4n) is 8.30. The van der Waals surface area contributed by atoms with Gasteiger partial charge in [0.05, 0.1) is 80.1 Å². The van der Waals surface area contributed by atoms with Gasteiger partial charge < -0.3 is 85.2 Å². The number of nitrogens with one attached hydrogen (secondary N) is 1. The summed E-state index contributed by atoms with van der Waals surface area (Å²) in [4.78, 5) is 37.4. The molecule has 12 N–H and O–H groups in total. The van der Waals surface area contributed by atoms with Crippen LogP contribution in [0.3, 0.4) is 0 Å². The van der Waals surface area contributed by atoms with E-state index in [0.29, 0.717) is 6.04 Å². The Balaban J connectivity index is 1.89. The average Bonchev–Trinajstić information content (AvgIpc) is 3.23. The molecule has 0 bridgehead atoms. The predicted molar refractivity (Wildman–Crippen MR) is 259 cm³/mol. The molecule has 2 heterocycles. The van der Waals surface area contributed by atoms with Crippen LogP contribution in [0, 0.1) is 17.8 Å². The third kappa shape index (κ3) is 22.3. The summed E-state index contributed by atoms with van der Waals surface area (Å²) < 4.78 is 28.1. The molecule has 0 aromatic heterocycles. The zero-order valence-electron chi connectivity index (χ0n) is 42.3. The number of aliphatic hydroxyl groups excluding tert-OH is 9. The lowest BCUT2D eigenvalue weighted by Crippen LogP contribution is -2.64. The van der Waals surface area contributed by atoms with E-state index in [9.17, 15) is 70.6 Å². The van der Waals surface area contributed by atoms with Gasteiger partial charge in [0, 0.05) is 45.6 Å². The maximum Gasteiger partial charge on any atom is 0.407 e. The summed E-state index contributed by atoms with van der Waals surface area (Å²) in [6, 6.07) is -0.569. The minimum absolute atomic E-state index is 0.116. The van der Waals surface area contributed by atoms with Crippen LogP contribution in [0.25, 0.3) is 0 Å². The Morgan fingerprint density at radius 3 is 2.09 bits per heavy atom. The Labute approximate surface area is 413 Å². The quantitative estimate of drug-likeness (QED) is 0.0290. The van der Waals surface area contributed by atoms with Crippen molar-refractivity contribution in [2.75, 3.05) is 6.61 Å². The highest BCUT2D eigenvalue weighted by molar-refractivity contribution is 6.76. The van der Waals surface area contributed by atoms with Crippen molar-refractivity contribution < 1.29 is 94.2 Å². The van der Waals surface area contributed by atoms with Crippen molar-refractivity contribution in [3.63, 3.8) is 0 Å². The molecule has 1 amide bonds. The monoisotopic (exact) mass is 1020 g/mol. The largest absolute Gasteiger partial charge is 0.481 e. The van der Waals surface area contributed by atoms with Crippen LogP contribution in [-0.2, 0) is 33.3 Å². The number of carboxylic acids is 1. The van der Waals surface area contributed by atoms with Gasteiger partial charge in [-0.25, -0.2) is 4.79 Å². The molecule has 19 unspecified atom stereocenters. The number of amides is 1. The van der Waals surface area contributed by atoms with E-state index in [2.05, 4.69) is 25.0 Å². The molecule has 0 saturated carbocycles. The maximum atomic E-state index is 12.6. The molecular weight excluding hydrogens is 935 g/mol. The Kier molecular flexibility index (Phi) is 27.1. The number of esters is 1. The highest BCUT2D eigenvalue weighted by Crippen LogP contribution is 2.38. The van der Waals surface area contributed by atoms with Gasteiger partial charge in [-0.3, -0.25) is 9.59 Å². The van der Waals surface area contributed by atoms with E-state index in [4.69, 9.17) is 23.7 Å². The minimum atomic E-state index is -2.32. The number of allylic oxidation sites excluding steroid dienone is 7. The van der Waals surface area contributed by atoms with Gasteiger partial charge in [0.2, 0.25) is 0 Å². The smallest absolute Gasteiger partial charge is 0.407 e. The lowest BCUT2D eigenvalue weighted by molar-refractivity contribution is -0.310. The maximum absolute atomic E-state index is 12.6. The molecule has 21 heteroatoms. The molecule has 2 saturated heterocycles. The number of hydrogen-bond donors (Lipinski definition) is 12. The van der Waals surface area contributed by atoms with Gasteiger partial charge in [-0.1, -0.05) is 82.1 Å². The van der Waals surface area contributed by atoms with Crippen LogP contribution in [0.2, 0.25) is 25.7 Å². The molecule has 2 aliphatic rings. The van der Waals surface area contributed by atoms with Crippen molar-refractivity contribution >= 4 is 26.1 Å². The van der Waals surface area contributed by atoms with Gasteiger partial charge in [0.25, 0.3) is 0 Å². The van der Waals surface area contributed by atoms with Crippen LogP contribution in [-0.4, -0.2) is 186 Å². The molecule has 0 aromatic carbocycles. The molecule has 0 aromatic rings. The Hall–Kier alpha value is -3.13. The van der Waals surface area contributed by atoms with Crippen LogP contribution in [0.15, 0.2) is 48.6 Å². The Morgan fingerprint density at radius 2 is 1.47 bits per heavy atom. The van der Waals surface area contributed by atoms with Gasteiger partial charge in [0.15, 0.2) is 12.1 Å². The first kappa shape index (κ1) is 63.0. The van der Waals surface area contributed by atoms with Crippen molar-refractivity contribution in [1.82, 2.24) is 5.32 Å². The van der Waals surface area contributed by atoms with Gasteiger partial charge in [-0.2, -0.15) is 0 Å². The number of carbonyl (C=O) groups excluding carboxylic acids is 2. The summed E-state index contributed by atoms with van der Waals surface area (Å²) in [5, 5.41) is 121.